The van der Waals surface area contributed by atoms with Crippen LogP contribution in [0.2, 0.25) is 0 Å². The molecule has 47 nitrogen and oxygen atoms in total. The summed E-state index contributed by atoms with van der Waals surface area (Å²) in [6, 6.07) is -5.33. The molecule has 0 radical (unpaired) electrons. The smallest absolute Gasteiger partial charge is 0.327 e. The number of aliphatic hydroxyl groups is 2. The topological polar surface area (TPSA) is 686 Å². The molecule has 20 amide bonds. The lowest BCUT2D eigenvalue weighted by Crippen LogP contribution is -2.62. The van der Waals surface area contributed by atoms with E-state index in [2.05, 4.69) is 94.7 Å². The number of aliphatic carboxylic acids is 1. The number of aromatic nitrogens is 3. The van der Waals surface area contributed by atoms with Crippen LogP contribution in [0.15, 0.2) is 91.4 Å². The number of para-hydroxylation sites is 3. The zero-order chi connectivity index (χ0) is 104. The van der Waals surface area contributed by atoms with Gasteiger partial charge < -0.3 is 135 Å². The maximum atomic E-state index is 15.3. The number of fused-ring (bicyclic) bond motifs is 12. The molecule has 23 N–H and O–H groups in total. The van der Waals surface area contributed by atoms with Gasteiger partial charge in [-0.1, -0.05) is 110 Å². The Bertz CT molecular complexity index is 5830. The average Bonchev–Trinajstić information content (AvgIpc) is 1.64. The second kappa shape index (κ2) is 50.1. The van der Waals surface area contributed by atoms with E-state index in [-0.39, 0.29) is 116 Å². The molecule has 6 saturated heterocycles. The van der Waals surface area contributed by atoms with Crippen LogP contribution in [0.25, 0.3) is 32.7 Å². The maximum absolute atomic E-state index is 15.3. The monoisotopic (exact) mass is 2040 g/mol. The van der Waals surface area contributed by atoms with E-state index in [1.165, 1.54) is 11.8 Å². The molecule has 3 aromatic heterocycles. The van der Waals surface area contributed by atoms with Crippen LogP contribution < -0.4 is 85.5 Å². The number of aliphatic hydroxyl groups excluding tert-OH is 2. The van der Waals surface area contributed by atoms with Gasteiger partial charge in [0.15, 0.2) is 0 Å². The zero-order valence-electron chi connectivity index (χ0n) is 80.4. The molecule has 6 aliphatic rings. The summed E-state index contributed by atoms with van der Waals surface area (Å²) >= 11 is 0. The van der Waals surface area contributed by atoms with Crippen LogP contribution in [0.5, 0.6) is 0 Å². The van der Waals surface area contributed by atoms with Gasteiger partial charge >= 0.3 is 5.97 Å². The van der Waals surface area contributed by atoms with E-state index in [0.29, 0.717) is 49.4 Å². The van der Waals surface area contributed by atoms with Gasteiger partial charge in [-0.3, -0.25) is 95.9 Å². The Morgan fingerprint density at radius 2 is 0.812 bits per heavy atom. The fourth-order valence-electron chi connectivity index (χ4n) is 18.6. The first-order valence-electron chi connectivity index (χ1n) is 48.1. The van der Waals surface area contributed by atoms with E-state index >= 15 is 14.4 Å². The van der Waals surface area contributed by atoms with E-state index in [0.717, 1.165) is 43.2 Å². The lowest BCUT2D eigenvalue weighted by molar-refractivity contribution is -0.145. The molecule has 6 fully saturated rings. The van der Waals surface area contributed by atoms with Crippen molar-refractivity contribution in [1.82, 2.24) is 114 Å². The van der Waals surface area contributed by atoms with Crippen molar-refractivity contribution in [2.24, 2.45) is 17.6 Å². The summed E-state index contributed by atoms with van der Waals surface area (Å²) in [6.07, 6.45) is 0.927. The van der Waals surface area contributed by atoms with Gasteiger partial charge in [0.25, 0.3) is 0 Å². The standard InChI is InChI=1S/C95H125N23O24S2/c1-7-48(4)78-93(139)117-30-14-24-69(117)87(133)102-43-76(124)104-61(34-52-39-98-58-22-12-9-19-55(52)58)83(129)107-63(36-73(96)121)84(130)114-79(50(6)120)94(140)118-31-17-27-72(118)89(135)110-62(35-53-40-99-59-23-13-10-20-56(53)59)82(128)103-49(5)80(126)112-68(95(141)142)46-144-143-45-67-92(138)116-29-16-26-71(116)90(136)111-66(44-119)86(132)108-64(85(131)113-78)37-74(122)100-41-75(123)105-65(32-47(2)3)91(137)115-28-15-25-70(115)88(134)109-60(81(127)101-42-77(125)106-67)33-51-38-97-57-21-11-8-18-54(51)57/h8-13,18-23,38-40,47-50,60-72,78-79,97-99,119-120H,7,14-17,24-37,41-46H2,1-6H3,(H2,96,121)(H,100,122)(H,101,127)(H,102,133)(H,103,128)(H,104,124)(H,105,123)(H,106,125)(H,107,129)(H,108,132)(H,109,134)(H,110,135)(H,111,136)(H,112,126)(H,113,131)(H,114,130)(H,141,142). The van der Waals surface area contributed by atoms with E-state index in [9.17, 15) is 102 Å². The van der Waals surface area contributed by atoms with Gasteiger partial charge in [0.2, 0.25) is 118 Å². The van der Waals surface area contributed by atoms with E-state index < -0.39 is 283 Å². The number of carboxylic acid groups (broad SMARTS) is 1. The van der Waals surface area contributed by atoms with Gasteiger partial charge in [0.1, 0.15) is 96.7 Å². The van der Waals surface area contributed by atoms with Gasteiger partial charge in [-0.25, -0.2) is 4.79 Å². The lowest BCUT2D eigenvalue weighted by Gasteiger charge is -2.32. The number of rotatable bonds is 15. The number of aromatic amines is 3. The van der Waals surface area contributed by atoms with Gasteiger partial charge in [0, 0.05) is 108 Å². The Morgan fingerprint density at radius 3 is 1.30 bits per heavy atom. The number of hydrogen-bond donors (Lipinski definition) is 22. The van der Waals surface area contributed by atoms with Crippen LogP contribution in [-0.2, 0) is 120 Å². The summed E-state index contributed by atoms with van der Waals surface area (Å²) in [7, 11) is 1.58. The van der Waals surface area contributed by atoms with Gasteiger partial charge in [-0.2, -0.15) is 0 Å². The fourth-order valence-corrected chi connectivity index (χ4v) is 20.9. The summed E-state index contributed by atoms with van der Waals surface area (Å²) in [4.78, 5) is 321. The normalized spacial score (nSPS) is 27.1. The Kier molecular flexibility index (Phi) is 37.8. The third-order valence-electron chi connectivity index (χ3n) is 26.5. The van der Waals surface area contributed by atoms with Gasteiger partial charge in [0.05, 0.1) is 45.2 Å². The number of benzene rings is 3. The molecular weight excluding hydrogens is 1910 g/mol. The molecule has 49 heteroatoms. The SMILES string of the molecule is CCC(C)C1NC(=O)C2CC(=O)NCC(=O)NC(CC(C)C)C(=O)N3CCCC3C(=O)NC(Cc3c[nH]c4ccccc34)C(=O)NCC(=O)NC(CSSCC(C(=O)O)NC(=O)C(C)NC(=O)C(Cc3c[nH]c4ccccc34)NC(=O)C3CCCN3C(=O)C(C(C)O)NC(=O)C(CC(N)=O)NC(=O)C(Cc3c[nH]c4ccccc34)NC(=O)CNC(=O)C3CCCN3C1=O)C(=O)N1CCCC1C(=O)NC(CO)C(=O)N2. The molecule has 776 valence electrons. The summed E-state index contributed by atoms with van der Waals surface area (Å²) in [6.45, 7) is 4.77. The molecule has 9 heterocycles. The number of carbonyl (C=O) groups excluding carboxylic acids is 20. The minimum Gasteiger partial charge on any atom is -0.480 e. The van der Waals surface area contributed by atoms with E-state index in [4.69, 9.17) is 5.73 Å². The van der Waals surface area contributed by atoms with Crippen LogP contribution >= 0.6 is 21.6 Å². The highest BCUT2D eigenvalue weighted by atomic mass is 33.1. The predicted molar refractivity (Wildman–Crippen MR) is 521 cm³/mol. The van der Waals surface area contributed by atoms with Crippen molar-refractivity contribution >= 4 is 178 Å². The Hall–Kier alpha value is -14.2. The molecule has 6 aromatic rings. The van der Waals surface area contributed by atoms with Crippen molar-refractivity contribution in [2.45, 2.75) is 241 Å². The molecule has 6 aliphatic heterocycles. The second-order valence-electron chi connectivity index (χ2n) is 37.3. The van der Waals surface area contributed by atoms with Crippen molar-refractivity contribution in [2.75, 3.05) is 63.9 Å². The zero-order valence-corrected chi connectivity index (χ0v) is 82.0. The Morgan fingerprint density at radius 1 is 0.410 bits per heavy atom. The molecule has 0 aliphatic carbocycles. The third kappa shape index (κ3) is 27.8. The van der Waals surface area contributed by atoms with Crippen molar-refractivity contribution < 1.29 is 116 Å². The van der Waals surface area contributed by atoms with Gasteiger partial charge in [-0.15, -0.1) is 0 Å². The van der Waals surface area contributed by atoms with E-state index in [1.807, 2.05) is 0 Å². The summed E-state index contributed by atoms with van der Waals surface area (Å²) < 4.78 is 0. The Labute approximate surface area is 834 Å². The largest absolute Gasteiger partial charge is 0.480 e. The molecule has 144 heavy (non-hydrogen) atoms. The highest BCUT2D eigenvalue weighted by molar-refractivity contribution is 8.76. The lowest BCUT2D eigenvalue weighted by atomic mass is 9.96. The minimum absolute atomic E-state index is 0.00528. The highest BCUT2D eigenvalue weighted by Gasteiger charge is 2.48. The van der Waals surface area contributed by atoms with Crippen LogP contribution in [-0.4, -0.2) is 341 Å². The summed E-state index contributed by atoms with van der Waals surface area (Å²) in [5.41, 5.74) is 9.06. The van der Waals surface area contributed by atoms with Gasteiger partial charge in [-0.05, 0) is 118 Å². The number of primary amides is 1. The van der Waals surface area contributed by atoms with Crippen molar-refractivity contribution in [3.05, 3.63) is 108 Å². The summed E-state index contributed by atoms with van der Waals surface area (Å²) in [5, 5.41) is 72.9. The number of nitrogens with zero attached hydrogens (tertiary/aromatic N) is 4. The maximum Gasteiger partial charge on any atom is 0.327 e. The number of H-pyrrole nitrogens is 3. The second-order valence-corrected chi connectivity index (χ2v) is 39.9. The number of hydrogen-bond acceptors (Lipinski definition) is 25. The van der Waals surface area contributed by atoms with Crippen molar-refractivity contribution in [1.29, 1.82) is 0 Å². The first-order chi connectivity index (χ1) is 68.8. The molecule has 0 saturated carbocycles. The van der Waals surface area contributed by atoms with Crippen LogP contribution in [0.3, 0.4) is 0 Å². The predicted octanol–water partition coefficient (Wildman–Crippen LogP) is -4.47. The molecule has 3 aromatic carbocycles. The third-order valence-corrected chi connectivity index (χ3v) is 28.9. The van der Waals surface area contributed by atoms with Crippen molar-refractivity contribution in [3.8, 4) is 0 Å². The number of amides is 20. The minimum atomic E-state index is -2.07. The number of nitrogens with two attached hydrogens (primary N) is 1. The van der Waals surface area contributed by atoms with Crippen molar-refractivity contribution in [3.63, 3.8) is 0 Å². The van der Waals surface area contributed by atoms with Crippen LogP contribution in [0, 0.1) is 11.8 Å². The average molecular weight is 2040 g/mol. The van der Waals surface area contributed by atoms with E-state index in [1.54, 1.807) is 119 Å². The molecule has 18 atom stereocenters. The van der Waals surface area contributed by atoms with Crippen LogP contribution in [0.4, 0.5) is 0 Å². The molecule has 2 bridgehead atoms. The molecule has 12 rings (SSSR count). The molecule has 18 unspecified atom stereocenters. The first kappa shape index (κ1) is 109. The van der Waals surface area contributed by atoms with Crippen LogP contribution in [0.1, 0.15) is 135 Å². The Balaban J connectivity index is 0.879. The summed E-state index contributed by atoms with van der Waals surface area (Å²) in [5.74, 6) is -24.1. The quantitative estimate of drug-likeness (QED) is 0.0431. The fraction of sp³-hybridized carbons (Fsp3) is 0.526. The highest BCUT2D eigenvalue weighted by Crippen LogP contribution is 2.31. The molecular formula is C95H125N23O24S2. The molecule has 0 spiro atoms. The number of carboxylic acids is 1. The first-order valence-corrected chi connectivity index (χ1v) is 50.6. The number of nitrogens with one attached hydrogen (secondary N) is 18. The number of carbonyl (C=O) groups is 21.